The molecule has 0 saturated heterocycles. The van der Waals surface area contributed by atoms with E-state index in [2.05, 4.69) is 10.4 Å². The molecule has 0 unspecified atom stereocenters. The van der Waals surface area contributed by atoms with E-state index in [1.54, 1.807) is 6.20 Å². The predicted molar refractivity (Wildman–Crippen MR) is 104 cm³/mol. The summed E-state index contributed by atoms with van der Waals surface area (Å²) in [6.45, 7) is 1.23. The number of anilines is 1. The number of fused-ring (bicyclic) bond motifs is 1. The quantitative estimate of drug-likeness (QED) is 0.733. The molecule has 6 nitrogen and oxygen atoms in total. The highest BCUT2D eigenvalue weighted by atomic mass is 35.5. The Morgan fingerprint density at radius 1 is 1.11 bits per heavy atom. The lowest BCUT2D eigenvalue weighted by Crippen LogP contribution is -2.35. The second-order valence-electron chi connectivity index (χ2n) is 6.20. The summed E-state index contributed by atoms with van der Waals surface area (Å²) in [5, 5.41) is 7.46. The fourth-order valence-electron chi connectivity index (χ4n) is 2.84. The number of para-hydroxylation sites is 2. The highest BCUT2D eigenvalue weighted by molar-refractivity contribution is 6.32. The largest absolute Gasteiger partial charge is 0.486 e. The third-order valence-electron chi connectivity index (χ3n) is 4.25. The summed E-state index contributed by atoms with van der Waals surface area (Å²) < 4.78 is 12.9. The molecule has 138 valence electrons. The van der Waals surface area contributed by atoms with Crippen molar-refractivity contribution in [2.45, 2.75) is 12.6 Å². The third-order valence-corrected chi connectivity index (χ3v) is 4.61. The van der Waals surface area contributed by atoms with Crippen molar-refractivity contribution >= 4 is 17.3 Å². The normalized spacial score (nSPS) is 15.4. The molecular weight excluding hydrogens is 366 g/mol. The fourth-order valence-corrected chi connectivity index (χ4v) is 3.06. The van der Waals surface area contributed by atoms with Gasteiger partial charge in [0.05, 0.1) is 25.0 Å². The van der Waals surface area contributed by atoms with E-state index in [-0.39, 0.29) is 16.7 Å². The molecule has 1 atom stereocenters. The van der Waals surface area contributed by atoms with Crippen molar-refractivity contribution in [2.75, 3.05) is 18.5 Å². The van der Waals surface area contributed by atoms with E-state index in [0.29, 0.717) is 31.1 Å². The molecule has 3 aromatic rings. The lowest BCUT2D eigenvalue weighted by atomic mass is 10.2. The van der Waals surface area contributed by atoms with Crippen molar-refractivity contribution < 1.29 is 9.47 Å². The van der Waals surface area contributed by atoms with Gasteiger partial charge in [0, 0.05) is 0 Å². The highest BCUT2D eigenvalue weighted by Gasteiger charge is 2.21. The summed E-state index contributed by atoms with van der Waals surface area (Å²) in [7, 11) is 0. The third kappa shape index (κ3) is 3.90. The summed E-state index contributed by atoms with van der Waals surface area (Å²) in [5.41, 5.74) is 1.13. The minimum absolute atomic E-state index is 0.109. The van der Waals surface area contributed by atoms with Crippen molar-refractivity contribution in [3.05, 3.63) is 81.7 Å². The van der Waals surface area contributed by atoms with Crippen molar-refractivity contribution in [3.63, 3.8) is 0 Å². The second-order valence-corrected chi connectivity index (χ2v) is 6.58. The number of nitrogens with zero attached hydrogens (tertiary/aromatic N) is 2. The average Bonchev–Trinajstić information content (AvgIpc) is 2.71. The average molecular weight is 384 g/mol. The molecule has 0 spiro atoms. The smallest absolute Gasteiger partial charge is 0.287 e. The Balaban J connectivity index is 1.43. The zero-order valence-electron chi connectivity index (χ0n) is 14.5. The summed E-state index contributed by atoms with van der Waals surface area (Å²) >= 11 is 6.26. The second kappa shape index (κ2) is 7.72. The van der Waals surface area contributed by atoms with Gasteiger partial charge in [-0.1, -0.05) is 54.1 Å². The van der Waals surface area contributed by atoms with Gasteiger partial charge in [0.15, 0.2) is 11.5 Å². The summed E-state index contributed by atoms with van der Waals surface area (Å²) in [6, 6.07) is 17.2. The summed E-state index contributed by atoms with van der Waals surface area (Å²) in [6.07, 6.45) is 1.37. The van der Waals surface area contributed by atoms with Gasteiger partial charge in [0.25, 0.3) is 5.56 Å². The van der Waals surface area contributed by atoms with E-state index in [1.165, 1.54) is 4.68 Å². The maximum absolute atomic E-state index is 12.5. The van der Waals surface area contributed by atoms with Gasteiger partial charge in [-0.3, -0.25) is 4.79 Å². The van der Waals surface area contributed by atoms with Gasteiger partial charge in [-0.05, 0) is 17.7 Å². The van der Waals surface area contributed by atoms with Crippen molar-refractivity contribution in [3.8, 4) is 11.5 Å². The van der Waals surface area contributed by atoms with Crippen molar-refractivity contribution in [2.24, 2.45) is 0 Å². The van der Waals surface area contributed by atoms with Crippen LogP contribution in [0.3, 0.4) is 0 Å². The zero-order valence-corrected chi connectivity index (χ0v) is 15.2. The fraction of sp³-hybridized carbons (Fsp3) is 0.200. The van der Waals surface area contributed by atoms with Crippen LogP contribution in [0.25, 0.3) is 0 Å². The molecule has 0 saturated carbocycles. The molecule has 0 radical (unpaired) electrons. The molecule has 4 rings (SSSR count). The van der Waals surface area contributed by atoms with Gasteiger partial charge in [-0.2, -0.15) is 5.10 Å². The van der Waals surface area contributed by atoms with Crippen molar-refractivity contribution in [1.29, 1.82) is 0 Å². The van der Waals surface area contributed by atoms with Crippen LogP contribution < -0.4 is 20.3 Å². The first-order valence-corrected chi connectivity index (χ1v) is 9.00. The molecule has 0 aliphatic carbocycles. The first-order valence-electron chi connectivity index (χ1n) is 8.62. The molecule has 0 bridgehead atoms. The number of ether oxygens (including phenoxy) is 2. The number of benzene rings is 2. The molecule has 1 aliphatic rings. The number of rotatable bonds is 5. The van der Waals surface area contributed by atoms with Crippen LogP contribution in [0, 0.1) is 0 Å². The van der Waals surface area contributed by atoms with Crippen LogP contribution in [0.5, 0.6) is 11.5 Å². The molecule has 7 heteroatoms. The Bertz CT molecular complexity index is 991. The van der Waals surface area contributed by atoms with Crippen LogP contribution in [-0.4, -0.2) is 29.0 Å². The molecule has 27 heavy (non-hydrogen) atoms. The number of halogens is 1. The molecule has 2 heterocycles. The Kier molecular flexibility index (Phi) is 4.98. The van der Waals surface area contributed by atoms with Crippen LogP contribution in [0.2, 0.25) is 5.02 Å². The molecule has 2 aromatic carbocycles. The Morgan fingerprint density at radius 2 is 1.85 bits per heavy atom. The summed E-state index contributed by atoms with van der Waals surface area (Å²) in [5.74, 6) is 1.44. The minimum atomic E-state index is -0.336. The van der Waals surface area contributed by atoms with E-state index in [0.717, 1.165) is 11.3 Å². The van der Waals surface area contributed by atoms with E-state index in [4.69, 9.17) is 21.1 Å². The Hall–Kier alpha value is -2.99. The molecule has 0 fully saturated rings. The topological polar surface area (TPSA) is 65.4 Å². The predicted octanol–water partition coefficient (Wildman–Crippen LogP) is 3.20. The van der Waals surface area contributed by atoms with E-state index < -0.39 is 0 Å². The first kappa shape index (κ1) is 17.4. The van der Waals surface area contributed by atoms with Crippen LogP contribution in [0.1, 0.15) is 5.56 Å². The maximum Gasteiger partial charge on any atom is 0.287 e. The Morgan fingerprint density at radius 3 is 2.67 bits per heavy atom. The van der Waals surface area contributed by atoms with Gasteiger partial charge >= 0.3 is 0 Å². The number of aromatic nitrogens is 2. The van der Waals surface area contributed by atoms with Gasteiger partial charge in [-0.15, -0.1) is 0 Å². The molecular formula is C20H18ClN3O3. The van der Waals surface area contributed by atoms with Gasteiger partial charge < -0.3 is 14.8 Å². The molecule has 1 N–H and O–H groups in total. The SMILES string of the molecule is O=c1c(Cl)c(NC[C@@H]2COc3ccccc3O2)cnn1Cc1ccccc1. The zero-order chi connectivity index (χ0) is 18.6. The van der Waals surface area contributed by atoms with Crippen LogP contribution >= 0.6 is 11.6 Å². The van der Waals surface area contributed by atoms with Crippen LogP contribution in [0.4, 0.5) is 5.69 Å². The van der Waals surface area contributed by atoms with E-state index >= 15 is 0 Å². The number of hydrogen-bond acceptors (Lipinski definition) is 5. The van der Waals surface area contributed by atoms with Crippen LogP contribution in [0.15, 0.2) is 65.6 Å². The van der Waals surface area contributed by atoms with Gasteiger partial charge in [0.2, 0.25) is 0 Å². The number of nitrogens with one attached hydrogen (secondary N) is 1. The molecule has 1 aliphatic heterocycles. The maximum atomic E-state index is 12.5. The van der Waals surface area contributed by atoms with E-state index in [1.807, 2.05) is 54.6 Å². The number of hydrogen-bond donors (Lipinski definition) is 1. The minimum Gasteiger partial charge on any atom is -0.486 e. The summed E-state index contributed by atoms with van der Waals surface area (Å²) in [4.78, 5) is 12.5. The lowest BCUT2D eigenvalue weighted by molar-refractivity contribution is 0.0997. The monoisotopic (exact) mass is 383 g/mol. The van der Waals surface area contributed by atoms with E-state index in [9.17, 15) is 4.79 Å². The Labute approximate surface area is 161 Å². The standard InChI is InChI=1S/C20H18ClN3O3/c21-19-16(11-23-24(20(19)25)12-14-6-2-1-3-7-14)22-10-15-13-26-17-8-4-5-9-18(17)27-15/h1-9,11,15,22H,10,12-13H2/t15-/m1/s1. The highest BCUT2D eigenvalue weighted by Crippen LogP contribution is 2.31. The van der Waals surface area contributed by atoms with Crippen molar-refractivity contribution in [1.82, 2.24) is 9.78 Å². The molecule has 1 aromatic heterocycles. The van der Waals surface area contributed by atoms with Gasteiger partial charge in [0.1, 0.15) is 17.7 Å². The lowest BCUT2D eigenvalue weighted by Gasteiger charge is -2.26. The first-order chi connectivity index (χ1) is 13.2. The van der Waals surface area contributed by atoms with Gasteiger partial charge in [-0.25, -0.2) is 4.68 Å². The van der Waals surface area contributed by atoms with Crippen LogP contribution in [-0.2, 0) is 6.54 Å². The molecule has 0 amide bonds.